The fraction of sp³-hybridized carbons (Fsp3) is 0.909. The van der Waals surface area contributed by atoms with Crippen molar-refractivity contribution in [1.82, 2.24) is 10.2 Å². The molecule has 2 fully saturated rings. The van der Waals surface area contributed by atoms with E-state index < -0.39 is 0 Å². The van der Waals surface area contributed by atoms with Crippen molar-refractivity contribution in [1.29, 1.82) is 0 Å². The first-order valence-corrected chi connectivity index (χ1v) is 5.87. The topological polar surface area (TPSA) is 32.3 Å². The number of hydrogen-bond acceptors (Lipinski definition) is 2. The van der Waals surface area contributed by atoms with Gasteiger partial charge in [-0.2, -0.15) is 0 Å². The van der Waals surface area contributed by atoms with Crippen molar-refractivity contribution < 1.29 is 4.79 Å². The smallest absolute Gasteiger partial charge is 0.222 e. The summed E-state index contributed by atoms with van der Waals surface area (Å²) in [6, 6.07) is 0.761. The molecule has 1 saturated heterocycles. The fourth-order valence-corrected chi connectivity index (χ4v) is 1.97. The van der Waals surface area contributed by atoms with Crippen LogP contribution in [0.25, 0.3) is 0 Å². The second-order valence-corrected chi connectivity index (χ2v) is 4.42. The molecule has 0 aromatic carbocycles. The van der Waals surface area contributed by atoms with Crippen molar-refractivity contribution in [3.63, 3.8) is 0 Å². The van der Waals surface area contributed by atoms with Crippen LogP contribution in [0.15, 0.2) is 0 Å². The fourth-order valence-electron chi connectivity index (χ4n) is 1.97. The summed E-state index contributed by atoms with van der Waals surface area (Å²) in [5.74, 6) is 0.361. The van der Waals surface area contributed by atoms with Crippen molar-refractivity contribution in [2.24, 2.45) is 0 Å². The van der Waals surface area contributed by atoms with Gasteiger partial charge in [0.2, 0.25) is 5.91 Å². The minimum absolute atomic E-state index is 0.361. The summed E-state index contributed by atoms with van der Waals surface area (Å²) in [7, 11) is 0. The van der Waals surface area contributed by atoms with E-state index in [0.29, 0.717) is 5.91 Å². The SMILES string of the molecule is O=C1CCCCCN1CCNC1CC1. The lowest BCUT2D eigenvalue weighted by Gasteiger charge is -2.20. The molecule has 0 atom stereocenters. The van der Waals surface area contributed by atoms with Crippen LogP contribution in [-0.2, 0) is 4.79 Å². The molecule has 1 saturated carbocycles. The zero-order chi connectivity index (χ0) is 9.80. The van der Waals surface area contributed by atoms with E-state index in [9.17, 15) is 4.79 Å². The number of carbonyl (C=O) groups excluding carboxylic acids is 1. The van der Waals surface area contributed by atoms with Crippen molar-refractivity contribution in [2.45, 2.75) is 44.6 Å². The quantitative estimate of drug-likeness (QED) is 0.731. The lowest BCUT2D eigenvalue weighted by atomic mass is 10.2. The zero-order valence-corrected chi connectivity index (χ0v) is 8.80. The third-order valence-corrected chi connectivity index (χ3v) is 3.06. The van der Waals surface area contributed by atoms with Gasteiger partial charge in [0.15, 0.2) is 0 Å². The zero-order valence-electron chi connectivity index (χ0n) is 8.80. The van der Waals surface area contributed by atoms with E-state index in [2.05, 4.69) is 5.32 Å². The predicted octanol–water partition coefficient (Wildman–Crippen LogP) is 1.14. The molecule has 0 bridgehead atoms. The van der Waals surface area contributed by atoms with Crippen LogP contribution in [0.5, 0.6) is 0 Å². The number of likely N-dealkylation sites (tertiary alicyclic amines) is 1. The van der Waals surface area contributed by atoms with Gasteiger partial charge in [-0.25, -0.2) is 0 Å². The second kappa shape index (κ2) is 4.78. The van der Waals surface area contributed by atoms with E-state index in [4.69, 9.17) is 0 Å². The standard InChI is InChI=1S/C11H20N2O/c14-11-4-2-1-3-8-13(11)9-7-12-10-5-6-10/h10,12H,1-9H2. The van der Waals surface area contributed by atoms with Gasteiger partial charge >= 0.3 is 0 Å². The van der Waals surface area contributed by atoms with Gasteiger partial charge in [-0.3, -0.25) is 4.79 Å². The van der Waals surface area contributed by atoms with Crippen LogP contribution in [0.1, 0.15) is 38.5 Å². The summed E-state index contributed by atoms with van der Waals surface area (Å²) in [4.78, 5) is 13.6. The summed E-state index contributed by atoms with van der Waals surface area (Å²) in [5.41, 5.74) is 0. The number of hydrogen-bond donors (Lipinski definition) is 1. The molecule has 0 unspecified atom stereocenters. The molecule has 1 aliphatic heterocycles. The summed E-state index contributed by atoms with van der Waals surface area (Å²) >= 11 is 0. The Hall–Kier alpha value is -0.570. The Morgan fingerprint density at radius 3 is 2.93 bits per heavy atom. The Morgan fingerprint density at radius 1 is 1.29 bits per heavy atom. The molecule has 14 heavy (non-hydrogen) atoms. The van der Waals surface area contributed by atoms with Crippen LogP contribution < -0.4 is 5.32 Å². The van der Waals surface area contributed by atoms with E-state index in [1.807, 2.05) is 4.90 Å². The summed E-state index contributed by atoms with van der Waals surface area (Å²) in [6.45, 7) is 2.87. The van der Waals surface area contributed by atoms with E-state index in [-0.39, 0.29) is 0 Å². The Kier molecular flexibility index (Phi) is 3.40. The Labute approximate surface area is 85.8 Å². The molecule has 0 spiro atoms. The highest BCUT2D eigenvalue weighted by Gasteiger charge is 2.21. The first-order valence-electron chi connectivity index (χ1n) is 5.87. The average molecular weight is 196 g/mol. The summed E-state index contributed by atoms with van der Waals surface area (Å²) in [5, 5.41) is 3.45. The van der Waals surface area contributed by atoms with Gasteiger partial charge in [-0.15, -0.1) is 0 Å². The minimum Gasteiger partial charge on any atom is -0.341 e. The van der Waals surface area contributed by atoms with Crippen LogP contribution >= 0.6 is 0 Å². The Bertz CT molecular complexity index is 201. The molecule has 2 aliphatic rings. The molecule has 3 heteroatoms. The number of carbonyl (C=O) groups is 1. The molecule has 1 amide bonds. The van der Waals surface area contributed by atoms with Crippen LogP contribution in [0.3, 0.4) is 0 Å². The summed E-state index contributed by atoms with van der Waals surface area (Å²) in [6.07, 6.45) is 6.92. The molecular formula is C11H20N2O. The number of nitrogens with one attached hydrogen (secondary N) is 1. The Balaban J connectivity index is 1.67. The molecule has 0 aromatic heterocycles. The van der Waals surface area contributed by atoms with Gasteiger partial charge in [0.05, 0.1) is 0 Å². The van der Waals surface area contributed by atoms with Crippen molar-refractivity contribution >= 4 is 5.91 Å². The normalized spacial score (nSPS) is 23.7. The summed E-state index contributed by atoms with van der Waals surface area (Å²) < 4.78 is 0. The molecule has 80 valence electrons. The average Bonchev–Trinajstić information content (AvgIpc) is 2.97. The Morgan fingerprint density at radius 2 is 2.14 bits per heavy atom. The predicted molar refractivity (Wildman–Crippen MR) is 56.1 cm³/mol. The van der Waals surface area contributed by atoms with Gasteiger partial charge in [-0.1, -0.05) is 6.42 Å². The lowest BCUT2D eigenvalue weighted by Crippen LogP contribution is -2.37. The molecule has 1 N–H and O–H groups in total. The van der Waals surface area contributed by atoms with Gasteiger partial charge < -0.3 is 10.2 Å². The van der Waals surface area contributed by atoms with Gasteiger partial charge in [0, 0.05) is 32.1 Å². The number of nitrogens with zero attached hydrogens (tertiary/aromatic N) is 1. The largest absolute Gasteiger partial charge is 0.341 e. The highest BCUT2D eigenvalue weighted by Crippen LogP contribution is 2.18. The van der Waals surface area contributed by atoms with Crippen molar-refractivity contribution in [3.05, 3.63) is 0 Å². The van der Waals surface area contributed by atoms with Crippen LogP contribution in [0, 0.1) is 0 Å². The molecule has 0 radical (unpaired) electrons. The van der Waals surface area contributed by atoms with Crippen LogP contribution in [-0.4, -0.2) is 36.5 Å². The molecule has 1 aliphatic carbocycles. The van der Waals surface area contributed by atoms with Gasteiger partial charge in [0.25, 0.3) is 0 Å². The maximum absolute atomic E-state index is 11.6. The third kappa shape index (κ3) is 2.98. The number of amides is 1. The second-order valence-electron chi connectivity index (χ2n) is 4.42. The molecule has 2 rings (SSSR count). The molecule has 3 nitrogen and oxygen atoms in total. The van der Waals surface area contributed by atoms with Crippen LogP contribution in [0.2, 0.25) is 0 Å². The third-order valence-electron chi connectivity index (χ3n) is 3.06. The highest BCUT2D eigenvalue weighted by atomic mass is 16.2. The van der Waals surface area contributed by atoms with Crippen molar-refractivity contribution in [2.75, 3.05) is 19.6 Å². The van der Waals surface area contributed by atoms with Crippen molar-refractivity contribution in [3.8, 4) is 0 Å². The molecule has 1 heterocycles. The first kappa shape index (κ1) is 9.97. The van der Waals surface area contributed by atoms with E-state index in [1.165, 1.54) is 25.7 Å². The molecular weight excluding hydrogens is 176 g/mol. The minimum atomic E-state index is 0.361. The highest BCUT2D eigenvalue weighted by molar-refractivity contribution is 5.76. The number of rotatable bonds is 4. The van der Waals surface area contributed by atoms with Gasteiger partial charge in [-0.05, 0) is 25.7 Å². The monoisotopic (exact) mass is 196 g/mol. The molecule has 0 aromatic rings. The van der Waals surface area contributed by atoms with E-state index >= 15 is 0 Å². The van der Waals surface area contributed by atoms with Crippen LogP contribution in [0.4, 0.5) is 0 Å². The lowest BCUT2D eigenvalue weighted by molar-refractivity contribution is -0.130. The van der Waals surface area contributed by atoms with E-state index in [1.54, 1.807) is 0 Å². The van der Waals surface area contributed by atoms with E-state index in [0.717, 1.165) is 38.5 Å². The maximum atomic E-state index is 11.6. The first-order chi connectivity index (χ1) is 6.86. The maximum Gasteiger partial charge on any atom is 0.222 e. The van der Waals surface area contributed by atoms with Gasteiger partial charge in [0.1, 0.15) is 0 Å².